The molecule has 0 aliphatic heterocycles. The molecule has 1 heterocycles. The van der Waals surface area contributed by atoms with Gasteiger partial charge in [0, 0.05) is 24.4 Å². The number of hydrogen-bond acceptors (Lipinski definition) is 4. The number of ether oxygens (including phenoxy) is 1. The van der Waals surface area contributed by atoms with Gasteiger partial charge in [-0.1, -0.05) is 19.1 Å². The lowest BCUT2D eigenvalue weighted by Crippen LogP contribution is -2.32. The van der Waals surface area contributed by atoms with E-state index >= 15 is 0 Å². The van der Waals surface area contributed by atoms with Gasteiger partial charge in [-0.05, 0) is 37.5 Å². The molecule has 0 aliphatic carbocycles. The van der Waals surface area contributed by atoms with Crippen molar-refractivity contribution < 1.29 is 4.74 Å². The van der Waals surface area contributed by atoms with E-state index in [-0.39, 0.29) is 0 Å². The van der Waals surface area contributed by atoms with Crippen molar-refractivity contribution in [3.63, 3.8) is 0 Å². The molecule has 0 amide bonds. The molecule has 2 aromatic rings. The highest BCUT2D eigenvalue weighted by molar-refractivity contribution is 7.09. The zero-order chi connectivity index (χ0) is 15.2. The second-order valence-electron chi connectivity index (χ2n) is 5.41. The molecule has 3 nitrogen and oxygen atoms in total. The molecular weight excluding hydrogens is 280 g/mol. The van der Waals surface area contributed by atoms with Gasteiger partial charge in [0.25, 0.3) is 0 Å². The van der Waals surface area contributed by atoms with Crippen LogP contribution in [0.2, 0.25) is 0 Å². The highest BCUT2D eigenvalue weighted by Crippen LogP contribution is 2.22. The summed E-state index contributed by atoms with van der Waals surface area (Å²) in [6.45, 7) is 7.51. The van der Waals surface area contributed by atoms with E-state index in [1.807, 2.05) is 12.1 Å². The Bertz CT molecular complexity index is 550. The van der Waals surface area contributed by atoms with Crippen molar-refractivity contribution in [2.45, 2.75) is 39.2 Å². The molecule has 1 aromatic heterocycles. The Morgan fingerprint density at radius 3 is 2.52 bits per heavy atom. The molecule has 1 N–H and O–H groups in total. The Hall–Kier alpha value is -1.39. The second-order valence-corrected chi connectivity index (χ2v) is 6.47. The standard InChI is InChI=1S/C17H24N2OS/c1-12(15-5-7-17(20-4)8-6-15)13(2)18-10-9-16-11-21-14(3)19-16/h5-8,11-13,18H,9-10H2,1-4H3/t12-,13-/m1/s1. The lowest BCUT2D eigenvalue weighted by atomic mass is 9.94. The zero-order valence-corrected chi connectivity index (χ0v) is 14.0. The summed E-state index contributed by atoms with van der Waals surface area (Å²) in [7, 11) is 1.70. The molecule has 0 saturated carbocycles. The smallest absolute Gasteiger partial charge is 0.118 e. The molecule has 21 heavy (non-hydrogen) atoms. The topological polar surface area (TPSA) is 34.1 Å². The first kappa shape index (κ1) is 16.0. The summed E-state index contributed by atoms with van der Waals surface area (Å²) in [6, 6.07) is 8.77. The summed E-state index contributed by atoms with van der Waals surface area (Å²) < 4.78 is 5.20. The van der Waals surface area contributed by atoms with Crippen molar-refractivity contribution in [2.24, 2.45) is 0 Å². The third-order valence-electron chi connectivity index (χ3n) is 3.91. The SMILES string of the molecule is COc1ccc([C@H](C)[C@@H](C)NCCc2csc(C)n2)cc1. The fourth-order valence-corrected chi connectivity index (χ4v) is 2.97. The highest BCUT2D eigenvalue weighted by atomic mass is 32.1. The maximum atomic E-state index is 5.20. The molecule has 0 radical (unpaired) electrons. The van der Waals surface area contributed by atoms with Crippen molar-refractivity contribution >= 4 is 11.3 Å². The average Bonchev–Trinajstić information content (AvgIpc) is 2.92. The molecule has 0 saturated heterocycles. The van der Waals surface area contributed by atoms with E-state index in [0.717, 1.165) is 23.7 Å². The minimum atomic E-state index is 0.429. The van der Waals surface area contributed by atoms with Crippen LogP contribution < -0.4 is 10.1 Å². The molecular formula is C17H24N2OS. The third-order valence-corrected chi connectivity index (χ3v) is 4.73. The number of methoxy groups -OCH3 is 1. The lowest BCUT2D eigenvalue weighted by Gasteiger charge is -2.22. The van der Waals surface area contributed by atoms with E-state index in [1.54, 1.807) is 18.4 Å². The molecule has 0 unspecified atom stereocenters. The maximum absolute atomic E-state index is 5.20. The van der Waals surface area contributed by atoms with Gasteiger partial charge in [-0.3, -0.25) is 0 Å². The predicted molar refractivity (Wildman–Crippen MR) is 89.4 cm³/mol. The van der Waals surface area contributed by atoms with Crippen LogP contribution in [0, 0.1) is 6.92 Å². The Morgan fingerprint density at radius 1 is 1.24 bits per heavy atom. The van der Waals surface area contributed by atoms with Gasteiger partial charge in [0.1, 0.15) is 5.75 Å². The van der Waals surface area contributed by atoms with Crippen molar-refractivity contribution in [2.75, 3.05) is 13.7 Å². The first-order valence-electron chi connectivity index (χ1n) is 7.38. The summed E-state index contributed by atoms with van der Waals surface area (Å²) in [5.41, 5.74) is 2.52. The number of aromatic nitrogens is 1. The normalized spacial score (nSPS) is 13.9. The molecule has 0 spiro atoms. The summed E-state index contributed by atoms with van der Waals surface area (Å²) in [5, 5.41) is 6.89. The molecule has 1 aromatic carbocycles. The van der Waals surface area contributed by atoms with Gasteiger partial charge in [-0.25, -0.2) is 4.98 Å². The predicted octanol–water partition coefficient (Wildman–Crippen LogP) is 3.78. The van der Waals surface area contributed by atoms with Crippen LogP contribution in [0.5, 0.6) is 5.75 Å². The van der Waals surface area contributed by atoms with E-state index in [9.17, 15) is 0 Å². The second kappa shape index (κ2) is 7.57. The first-order valence-corrected chi connectivity index (χ1v) is 8.26. The van der Waals surface area contributed by atoms with E-state index < -0.39 is 0 Å². The summed E-state index contributed by atoms with van der Waals surface area (Å²) in [4.78, 5) is 4.49. The third kappa shape index (κ3) is 4.55. The van der Waals surface area contributed by atoms with Gasteiger partial charge in [0.15, 0.2) is 0 Å². The minimum Gasteiger partial charge on any atom is -0.497 e. The molecule has 2 atom stereocenters. The number of benzene rings is 1. The van der Waals surface area contributed by atoms with Gasteiger partial charge >= 0.3 is 0 Å². The zero-order valence-electron chi connectivity index (χ0n) is 13.2. The van der Waals surface area contributed by atoms with Gasteiger partial charge in [-0.2, -0.15) is 0 Å². The Labute approximate surface area is 131 Å². The van der Waals surface area contributed by atoms with Crippen LogP contribution in [-0.4, -0.2) is 24.7 Å². The summed E-state index contributed by atoms with van der Waals surface area (Å²) >= 11 is 1.72. The van der Waals surface area contributed by atoms with Crippen LogP contribution in [0.25, 0.3) is 0 Å². The molecule has 0 bridgehead atoms. The Morgan fingerprint density at radius 2 is 1.95 bits per heavy atom. The molecule has 114 valence electrons. The van der Waals surface area contributed by atoms with Gasteiger partial charge in [0.2, 0.25) is 0 Å². The number of aryl methyl sites for hydroxylation is 1. The largest absolute Gasteiger partial charge is 0.497 e. The van der Waals surface area contributed by atoms with Gasteiger partial charge < -0.3 is 10.1 Å². The van der Waals surface area contributed by atoms with Crippen LogP contribution in [0.1, 0.15) is 36.0 Å². The van der Waals surface area contributed by atoms with Crippen LogP contribution >= 0.6 is 11.3 Å². The average molecular weight is 304 g/mol. The van der Waals surface area contributed by atoms with Crippen LogP contribution in [0.15, 0.2) is 29.6 Å². The highest BCUT2D eigenvalue weighted by Gasteiger charge is 2.13. The van der Waals surface area contributed by atoms with Crippen LogP contribution in [0.4, 0.5) is 0 Å². The fourth-order valence-electron chi connectivity index (χ4n) is 2.32. The lowest BCUT2D eigenvalue weighted by molar-refractivity contribution is 0.414. The molecule has 4 heteroatoms. The minimum absolute atomic E-state index is 0.429. The number of rotatable bonds is 7. The van der Waals surface area contributed by atoms with Crippen molar-refractivity contribution in [3.05, 3.63) is 45.9 Å². The summed E-state index contributed by atoms with van der Waals surface area (Å²) in [5.74, 6) is 1.37. The quantitative estimate of drug-likeness (QED) is 0.845. The fraction of sp³-hybridized carbons (Fsp3) is 0.471. The number of nitrogens with zero attached hydrogens (tertiary/aromatic N) is 1. The van der Waals surface area contributed by atoms with Crippen molar-refractivity contribution in [1.29, 1.82) is 0 Å². The maximum Gasteiger partial charge on any atom is 0.118 e. The van der Waals surface area contributed by atoms with Gasteiger partial charge in [0.05, 0.1) is 17.8 Å². The number of hydrogen-bond donors (Lipinski definition) is 1. The van der Waals surface area contributed by atoms with E-state index in [0.29, 0.717) is 12.0 Å². The Balaban J connectivity index is 1.82. The number of nitrogens with one attached hydrogen (secondary N) is 1. The first-order chi connectivity index (χ1) is 10.1. The van der Waals surface area contributed by atoms with E-state index in [1.165, 1.54) is 11.3 Å². The molecule has 0 fully saturated rings. The van der Waals surface area contributed by atoms with Crippen LogP contribution in [0.3, 0.4) is 0 Å². The monoisotopic (exact) mass is 304 g/mol. The van der Waals surface area contributed by atoms with Crippen molar-refractivity contribution in [3.8, 4) is 5.75 Å². The molecule has 0 aliphatic rings. The van der Waals surface area contributed by atoms with E-state index in [2.05, 4.69) is 48.6 Å². The Kier molecular flexibility index (Phi) is 5.76. The van der Waals surface area contributed by atoms with Crippen LogP contribution in [-0.2, 0) is 6.42 Å². The number of thiazole rings is 1. The summed E-state index contributed by atoms with van der Waals surface area (Å²) in [6.07, 6.45) is 0.990. The van der Waals surface area contributed by atoms with E-state index in [4.69, 9.17) is 4.74 Å². The molecule has 2 rings (SSSR count). The van der Waals surface area contributed by atoms with Gasteiger partial charge in [-0.15, -0.1) is 11.3 Å². The van der Waals surface area contributed by atoms with Crippen molar-refractivity contribution in [1.82, 2.24) is 10.3 Å².